The first-order valence-corrected chi connectivity index (χ1v) is 7.14. The number of hydrogen-bond donors (Lipinski definition) is 1. The number of nitrogens with one attached hydrogen (secondary N) is 1. The van der Waals surface area contributed by atoms with E-state index in [4.69, 9.17) is 4.74 Å². The van der Waals surface area contributed by atoms with Crippen molar-refractivity contribution in [3.05, 3.63) is 0 Å². The Morgan fingerprint density at radius 1 is 1.39 bits per heavy atom. The Bertz CT molecular complexity index is 255. The van der Waals surface area contributed by atoms with Crippen molar-refractivity contribution in [2.45, 2.75) is 64.3 Å². The number of rotatable bonds is 7. The molecule has 0 spiro atoms. The summed E-state index contributed by atoms with van der Waals surface area (Å²) in [5.41, 5.74) is 0. The van der Waals surface area contributed by atoms with Crippen LogP contribution < -0.4 is 5.32 Å². The van der Waals surface area contributed by atoms with Gasteiger partial charge in [0, 0.05) is 12.5 Å². The van der Waals surface area contributed by atoms with Gasteiger partial charge in [0.1, 0.15) is 6.29 Å². The lowest BCUT2D eigenvalue weighted by Crippen LogP contribution is -2.42. The largest absolute Gasteiger partial charge is 0.450 e. The van der Waals surface area contributed by atoms with Crippen LogP contribution in [0.5, 0.6) is 0 Å². The Hall–Kier alpha value is -1.06. The van der Waals surface area contributed by atoms with Gasteiger partial charge >= 0.3 is 6.09 Å². The molecule has 1 aliphatic rings. The second kappa shape index (κ2) is 8.95. The average molecular weight is 255 g/mol. The third kappa shape index (κ3) is 5.52. The third-order valence-corrected chi connectivity index (χ3v) is 3.60. The standard InChI is InChI=1S/C14H25NO3/c1-2-3-11-18-14(17)15-13-9-5-4-7-12(13)8-6-10-16/h10,12-13H,2-9,11H2,1H3,(H,15,17). The molecule has 1 aliphatic carbocycles. The van der Waals surface area contributed by atoms with Crippen molar-refractivity contribution in [3.8, 4) is 0 Å². The van der Waals surface area contributed by atoms with Gasteiger partial charge < -0.3 is 14.8 Å². The summed E-state index contributed by atoms with van der Waals surface area (Å²) in [6.45, 7) is 2.56. The number of ether oxygens (including phenoxy) is 1. The Kier molecular flexibility index (Phi) is 7.46. The monoisotopic (exact) mass is 255 g/mol. The van der Waals surface area contributed by atoms with Crippen molar-refractivity contribution in [1.82, 2.24) is 5.32 Å². The van der Waals surface area contributed by atoms with E-state index >= 15 is 0 Å². The molecule has 0 saturated heterocycles. The lowest BCUT2D eigenvalue weighted by atomic mass is 9.82. The third-order valence-electron chi connectivity index (χ3n) is 3.60. The topological polar surface area (TPSA) is 55.4 Å². The van der Waals surface area contributed by atoms with Gasteiger partial charge in [-0.2, -0.15) is 0 Å². The van der Waals surface area contributed by atoms with E-state index < -0.39 is 0 Å². The van der Waals surface area contributed by atoms with E-state index in [1.54, 1.807) is 0 Å². The highest BCUT2D eigenvalue weighted by Crippen LogP contribution is 2.27. The molecule has 2 atom stereocenters. The van der Waals surface area contributed by atoms with Crippen molar-refractivity contribution in [3.63, 3.8) is 0 Å². The Morgan fingerprint density at radius 2 is 2.17 bits per heavy atom. The Labute approximate surface area is 109 Å². The summed E-state index contributed by atoms with van der Waals surface area (Å²) in [6, 6.07) is 0.188. The second-order valence-corrected chi connectivity index (χ2v) is 5.03. The molecule has 0 heterocycles. The van der Waals surface area contributed by atoms with E-state index in [-0.39, 0.29) is 12.1 Å². The molecule has 1 N–H and O–H groups in total. The molecule has 4 nitrogen and oxygen atoms in total. The van der Waals surface area contributed by atoms with Crippen LogP contribution in [-0.2, 0) is 9.53 Å². The minimum Gasteiger partial charge on any atom is -0.450 e. The zero-order valence-corrected chi connectivity index (χ0v) is 11.3. The van der Waals surface area contributed by atoms with Crippen molar-refractivity contribution in [2.24, 2.45) is 5.92 Å². The minimum atomic E-state index is -0.300. The quantitative estimate of drug-likeness (QED) is 0.562. The maximum absolute atomic E-state index is 11.6. The smallest absolute Gasteiger partial charge is 0.407 e. The predicted molar refractivity (Wildman–Crippen MR) is 70.4 cm³/mol. The number of hydrogen-bond acceptors (Lipinski definition) is 3. The molecule has 1 saturated carbocycles. The van der Waals surface area contributed by atoms with Crippen LogP contribution in [0.2, 0.25) is 0 Å². The van der Waals surface area contributed by atoms with Crippen molar-refractivity contribution >= 4 is 12.4 Å². The molecule has 2 unspecified atom stereocenters. The molecular weight excluding hydrogens is 230 g/mol. The molecule has 0 aromatic heterocycles. The summed E-state index contributed by atoms with van der Waals surface area (Å²) >= 11 is 0. The van der Waals surface area contributed by atoms with E-state index in [0.717, 1.165) is 44.8 Å². The molecule has 4 heteroatoms. The fourth-order valence-corrected chi connectivity index (χ4v) is 2.53. The maximum Gasteiger partial charge on any atom is 0.407 e. The first-order valence-electron chi connectivity index (χ1n) is 7.14. The van der Waals surface area contributed by atoms with Crippen LogP contribution in [0.25, 0.3) is 0 Å². The molecule has 0 aromatic rings. The highest BCUT2D eigenvalue weighted by Gasteiger charge is 2.26. The van der Waals surface area contributed by atoms with Gasteiger partial charge in [-0.15, -0.1) is 0 Å². The minimum absolute atomic E-state index is 0.188. The summed E-state index contributed by atoms with van der Waals surface area (Å²) in [7, 11) is 0. The van der Waals surface area contributed by atoms with E-state index in [0.29, 0.717) is 18.9 Å². The predicted octanol–water partition coefficient (Wildman–Crippen LogP) is 3.05. The zero-order valence-electron chi connectivity index (χ0n) is 11.3. The van der Waals surface area contributed by atoms with Gasteiger partial charge in [0.25, 0.3) is 0 Å². The molecule has 0 aliphatic heterocycles. The Morgan fingerprint density at radius 3 is 2.89 bits per heavy atom. The second-order valence-electron chi connectivity index (χ2n) is 5.03. The molecule has 1 fully saturated rings. The summed E-state index contributed by atoms with van der Waals surface area (Å²) < 4.78 is 5.12. The number of carbonyl (C=O) groups excluding carboxylic acids is 2. The maximum atomic E-state index is 11.6. The lowest BCUT2D eigenvalue weighted by molar-refractivity contribution is -0.108. The van der Waals surface area contributed by atoms with Crippen molar-refractivity contribution in [1.29, 1.82) is 0 Å². The first-order chi connectivity index (χ1) is 8.77. The summed E-state index contributed by atoms with van der Waals surface area (Å²) in [5, 5.41) is 2.96. The van der Waals surface area contributed by atoms with Gasteiger partial charge in [-0.3, -0.25) is 0 Å². The fraction of sp³-hybridized carbons (Fsp3) is 0.857. The molecule has 104 valence electrons. The lowest BCUT2D eigenvalue weighted by Gasteiger charge is -2.31. The Balaban J connectivity index is 2.31. The van der Waals surface area contributed by atoms with Crippen molar-refractivity contribution in [2.75, 3.05) is 6.61 Å². The van der Waals surface area contributed by atoms with Crippen LogP contribution in [0.3, 0.4) is 0 Å². The van der Waals surface area contributed by atoms with E-state index in [9.17, 15) is 9.59 Å². The number of amides is 1. The summed E-state index contributed by atoms with van der Waals surface area (Å²) in [6.07, 6.45) is 8.53. The normalized spacial score (nSPS) is 23.4. The summed E-state index contributed by atoms with van der Waals surface area (Å²) in [4.78, 5) is 22.0. The highest BCUT2D eigenvalue weighted by atomic mass is 16.5. The number of aldehydes is 1. The average Bonchev–Trinajstić information content (AvgIpc) is 2.38. The van der Waals surface area contributed by atoms with Crippen LogP contribution in [0.4, 0.5) is 4.79 Å². The van der Waals surface area contributed by atoms with E-state index in [2.05, 4.69) is 12.2 Å². The van der Waals surface area contributed by atoms with Gasteiger partial charge in [-0.1, -0.05) is 26.2 Å². The SMILES string of the molecule is CCCCOC(=O)NC1CCCCC1CCC=O. The van der Waals surface area contributed by atoms with E-state index in [1.807, 2.05) is 0 Å². The zero-order chi connectivity index (χ0) is 13.2. The van der Waals surface area contributed by atoms with Crippen LogP contribution in [0, 0.1) is 5.92 Å². The molecule has 0 radical (unpaired) electrons. The van der Waals surface area contributed by atoms with Crippen LogP contribution in [0.15, 0.2) is 0 Å². The van der Waals surface area contributed by atoms with Crippen LogP contribution in [0.1, 0.15) is 58.3 Å². The van der Waals surface area contributed by atoms with Gasteiger partial charge in [-0.05, 0) is 31.6 Å². The molecule has 0 bridgehead atoms. The molecular formula is C14H25NO3. The summed E-state index contributed by atoms with van der Waals surface area (Å²) in [5.74, 6) is 0.433. The molecule has 18 heavy (non-hydrogen) atoms. The molecule has 1 amide bonds. The number of carbonyl (C=O) groups is 2. The van der Waals surface area contributed by atoms with Crippen LogP contribution in [-0.4, -0.2) is 25.0 Å². The highest BCUT2D eigenvalue weighted by molar-refractivity contribution is 5.67. The van der Waals surface area contributed by atoms with E-state index in [1.165, 1.54) is 6.42 Å². The van der Waals surface area contributed by atoms with Crippen molar-refractivity contribution < 1.29 is 14.3 Å². The van der Waals surface area contributed by atoms with Gasteiger partial charge in [0.2, 0.25) is 0 Å². The van der Waals surface area contributed by atoms with Gasteiger partial charge in [-0.25, -0.2) is 4.79 Å². The van der Waals surface area contributed by atoms with Gasteiger partial charge in [0.15, 0.2) is 0 Å². The molecule has 1 rings (SSSR count). The number of unbranched alkanes of at least 4 members (excludes halogenated alkanes) is 1. The molecule has 0 aromatic carbocycles. The van der Waals surface area contributed by atoms with Crippen LogP contribution >= 0.6 is 0 Å². The van der Waals surface area contributed by atoms with Gasteiger partial charge in [0.05, 0.1) is 6.61 Å². The fourth-order valence-electron chi connectivity index (χ4n) is 2.53. The first kappa shape index (κ1) is 15.0. The number of alkyl carbamates (subject to hydrolysis) is 1.